The van der Waals surface area contributed by atoms with E-state index < -0.39 is 17.6 Å². The van der Waals surface area contributed by atoms with Crippen molar-refractivity contribution in [3.8, 4) is 11.5 Å². The second kappa shape index (κ2) is 11.3. The number of hydrogen-bond acceptors (Lipinski definition) is 7. The molecular formula is C32H31ClFN5O4. The van der Waals surface area contributed by atoms with Crippen molar-refractivity contribution in [1.82, 2.24) is 14.5 Å². The topological polar surface area (TPSA) is 127 Å². The van der Waals surface area contributed by atoms with Crippen LogP contribution in [0.25, 0.3) is 11.0 Å². The number of para-hydroxylation sites is 1. The quantitative estimate of drug-likeness (QED) is 0.209. The fraction of sp³-hybridized carbons (Fsp3) is 0.281. The molecule has 0 spiro atoms. The number of nitrogens with zero attached hydrogens (tertiary/aromatic N) is 3. The summed E-state index contributed by atoms with van der Waals surface area (Å²) in [6.45, 7) is 4.17. The number of likely N-dealkylation sites (tertiary alicyclic amines) is 1. The summed E-state index contributed by atoms with van der Waals surface area (Å²) in [7, 11) is 0. The molecule has 0 saturated carbocycles. The zero-order chi connectivity index (χ0) is 30.3. The molecular weight excluding hydrogens is 573 g/mol. The summed E-state index contributed by atoms with van der Waals surface area (Å²) in [6, 6.07) is 15.2. The predicted octanol–water partition coefficient (Wildman–Crippen LogP) is 6.04. The molecule has 3 aromatic carbocycles. The summed E-state index contributed by atoms with van der Waals surface area (Å²) in [5, 5.41) is 17.5. The first-order chi connectivity index (χ1) is 20.7. The van der Waals surface area contributed by atoms with Gasteiger partial charge < -0.3 is 30.3 Å². The van der Waals surface area contributed by atoms with E-state index in [1.807, 2.05) is 22.8 Å². The third kappa shape index (κ3) is 5.44. The third-order valence-electron chi connectivity index (χ3n) is 8.24. The number of allylic oxidation sites excluding steroid dienone is 1. The van der Waals surface area contributed by atoms with Crippen molar-refractivity contribution in [2.45, 2.75) is 44.6 Å². The first-order valence-electron chi connectivity index (χ1n) is 14.0. The maximum absolute atomic E-state index is 14.8. The molecule has 0 amide bonds. The maximum Gasteiger partial charge on any atom is 0.335 e. The molecule has 9 nitrogen and oxygen atoms in total. The molecule has 0 aliphatic carbocycles. The molecule has 4 aromatic rings. The van der Waals surface area contributed by atoms with Crippen molar-refractivity contribution in [1.29, 1.82) is 5.41 Å². The first-order valence-corrected chi connectivity index (χ1v) is 14.4. The van der Waals surface area contributed by atoms with Gasteiger partial charge in [0.15, 0.2) is 11.5 Å². The number of aromatic carboxylic acids is 1. The number of nitrogens with one attached hydrogen (secondary N) is 1. The number of carboxylic acids is 1. The predicted molar refractivity (Wildman–Crippen MR) is 161 cm³/mol. The van der Waals surface area contributed by atoms with Gasteiger partial charge in [0.2, 0.25) is 0 Å². The number of imidazole rings is 1. The van der Waals surface area contributed by atoms with Gasteiger partial charge in [0.1, 0.15) is 11.6 Å². The zero-order valence-electron chi connectivity index (χ0n) is 23.5. The van der Waals surface area contributed by atoms with Crippen LogP contribution in [0.4, 0.5) is 4.39 Å². The molecule has 2 aliphatic heterocycles. The molecule has 43 heavy (non-hydrogen) atoms. The second-order valence-corrected chi connectivity index (χ2v) is 11.4. The summed E-state index contributed by atoms with van der Waals surface area (Å²) >= 11 is 5.96. The molecule has 1 unspecified atom stereocenters. The Balaban J connectivity index is 1.20. The maximum atomic E-state index is 14.8. The van der Waals surface area contributed by atoms with Gasteiger partial charge in [0.25, 0.3) is 5.79 Å². The second-order valence-electron chi connectivity index (χ2n) is 11.0. The lowest BCUT2D eigenvalue weighted by molar-refractivity contribution is -0.0712. The molecule has 2 aliphatic rings. The van der Waals surface area contributed by atoms with Crippen molar-refractivity contribution >= 4 is 34.8 Å². The highest BCUT2D eigenvalue weighted by Crippen LogP contribution is 2.49. The van der Waals surface area contributed by atoms with Crippen LogP contribution in [0.3, 0.4) is 0 Å². The number of nitrogens with two attached hydrogens (primary N) is 1. The summed E-state index contributed by atoms with van der Waals surface area (Å²) in [4.78, 5) is 18.8. The number of ether oxygens (including phenoxy) is 2. The number of fused-ring (bicyclic) bond motifs is 2. The van der Waals surface area contributed by atoms with Crippen molar-refractivity contribution in [2.75, 3.05) is 13.1 Å². The fourth-order valence-corrected chi connectivity index (χ4v) is 6.13. The Hall–Kier alpha value is -4.41. The summed E-state index contributed by atoms with van der Waals surface area (Å²) in [5.41, 5.74) is 9.18. The van der Waals surface area contributed by atoms with E-state index in [1.165, 1.54) is 18.5 Å². The van der Waals surface area contributed by atoms with Crippen molar-refractivity contribution in [2.24, 2.45) is 5.73 Å². The number of halogens is 2. The van der Waals surface area contributed by atoms with Gasteiger partial charge in [-0.05, 0) is 74.3 Å². The lowest BCUT2D eigenvalue weighted by Crippen LogP contribution is -2.34. The van der Waals surface area contributed by atoms with Crippen LogP contribution in [0, 0.1) is 11.2 Å². The fourth-order valence-electron chi connectivity index (χ4n) is 5.97. The molecule has 0 bridgehead atoms. The highest BCUT2D eigenvalue weighted by molar-refractivity contribution is 6.30. The normalized spacial score (nSPS) is 19.2. The highest BCUT2D eigenvalue weighted by atomic mass is 35.5. The van der Waals surface area contributed by atoms with Crippen LogP contribution in [0.5, 0.6) is 11.5 Å². The molecule has 1 saturated heterocycles. The Kier molecular flexibility index (Phi) is 7.57. The van der Waals surface area contributed by atoms with Gasteiger partial charge in [-0.1, -0.05) is 23.7 Å². The van der Waals surface area contributed by atoms with Gasteiger partial charge in [0, 0.05) is 35.5 Å². The molecule has 1 atom stereocenters. The van der Waals surface area contributed by atoms with Crippen LogP contribution in [-0.2, 0) is 18.9 Å². The molecule has 11 heteroatoms. The van der Waals surface area contributed by atoms with Crippen LogP contribution < -0.4 is 15.2 Å². The molecule has 0 radical (unpaired) electrons. The van der Waals surface area contributed by atoms with E-state index in [9.17, 15) is 14.3 Å². The third-order valence-corrected chi connectivity index (χ3v) is 8.47. The van der Waals surface area contributed by atoms with Gasteiger partial charge in [-0.3, -0.25) is 4.90 Å². The smallest absolute Gasteiger partial charge is 0.335 e. The lowest BCUT2D eigenvalue weighted by Gasteiger charge is -2.32. The molecule has 1 aromatic heterocycles. The van der Waals surface area contributed by atoms with E-state index in [2.05, 4.69) is 4.90 Å². The van der Waals surface area contributed by atoms with Gasteiger partial charge in [0.05, 0.1) is 35.2 Å². The van der Waals surface area contributed by atoms with E-state index >= 15 is 0 Å². The summed E-state index contributed by atoms with van der Waals surface area (Å²) in [5.74, 6) is -0.592. The number of carboxylic acid groups (broad SMARTS) is 1. The van der Waals surface area contributed by atoms with E-state index in [-0.39, 0.29) is 17.0 Å². The van der Waals surface area contributed by atoms with Crippen LogP contribution >= 0.6 is 11.6 Å². The van der Waals surface area contributed by atoms with Crippen LogP contribution in [0.2, 0.25) is 5.02 Å². The summed E-state index contributed by atoms with van der Waals surface area (Å²) in [6.07, 6.45) is 4.30. The standard InChI is InChI=1S/C32H31ClFN5O4/c1-32(24-7-6-22(33)14-25(24)34)42-28-4-2-3-23(30(28)43-32)20-9-11-38(12-10-20)18-29-37-26-8-5-21(31(40)41)13-27(26)39(29)17-19(15-35)16-36/h2-8,13-16,20,35H,9-12,17-18,36H2,1H3,(H,40,41)/b19-16+,35-15?. The Morgan fingerprint density at radius 2 is 2.00 bits per heavy atom. The number of benzene rings is 3. The Morgan fingerprint density at radius 3 is 2.70 bits per heavy atom. The first kappa shape index (κ1) is 28.7. The minimum absolute atomic E-state index is 0.172. The van der Waals surface area contributed by atoms with E-state index in [4.69, 9.17) is 37.2 Å². The lowest BCUT2D eigenvalue weighted by atomic mass is 9.88. The molecule has 4 N–H and O–H groups in total. The average Bonchev–Trinajstić information content (AvgIpc) is 3.52. The number of carbonyl (C=O) groups is 1. The SMILES string of the molecule is CC1(c2ccc(Cl)cc2F)Oc2cccc(C3CCN(Cc4nc5ccc(C(=O)O)cc5n4C/C(C=N)=C/N)CC3)c2O1. The number of hydrogen-bond donors (Lipinski definition) is 3. The zero-order valence-corrected chi connectivity index (χ0v) is 24.3. The molecule has 222 valence electrons. The van der Waals surface area contributed by atoms with Crippen LogP contribution in [-0.4, -0.2) is 44.8 Å². The van der Waals surface area contributed by atoms with Crippen LogP contribution in [0.1, 0.15) is 53.0 Å². The minimum atomic E-state index is -1.30. The van der Waals surface area contributed by atoms with Crippen molar-refractivity contribution in [3.63, 3.8) is 0 Å². The number of rotatable bonds is 8. The molecule has 3 heterocycles. The highest BCUT2D eigenvalue weighted by Gasteiger charge is 2.43. The van der Waals surface area contributed by atoms with Crippen LogP contribution in [0.15, 0.2) is 66.4 Å². The van der Waals surface area contributed by atoms with E-state index in [1.54, 1.807) is 37.3 Å². The van der Waals surface area contributed by atoms with E-state index in [0.29, 0.717) is 46.2 Å². The van der Waals surface area contributed by atoms with Crippen molar-refractivity contribution in [3.05, 3.63) is 99.7 Å². The molecule has 1 fully saturated rings. The van der Waals surface area contributed by atoms with E-state index in [0.717, 1.165) is 37.3 Å². The molecule has 6 rings (SSSR count). The monoisotopic (exact) mass is 603 g/mol. The van der Waals surface area contributed by atoms with Gasteiger partial charge in [-0.2, -0.15) is 0 Å². The Bertz CT molecular complexity index is 1760. The average molecular weight is 604 g/mol. The van der Waals surface area contributed by atoms with Gasteiger partial charge in [-0.15, -0.1) is 0 Å². The van der Waals surface area contributed by atoms with Gasteiger partial charge in [-0.25, -0.2) is 14.2 Å². The Labute approximate surface area is 252 Å². The Morgan fingerprint density at radius 1 is 1.21 bits per heavy atom. The largest absolute Gasteiger partial charge is 0.478 e. The summed E-state index contributed by atoms with van der Waals surface area (Å²) < 4.78 is 29.2. The van der Waals surface area contributed by atoms with Gasteiger partial charge >= 0.3 is 5.97 Å². The van der Waals surface area contributed by atoms with Crippen molar-refractivity contribution < 1.29 is 23.8 Å². The number of piperidine rings is 1. The number of aromatic nitrogens is 2. The minimum Gasteiger partial charge on any atom is -0.478 e.